The SMILES string of the molecule is CCCn1c(=O)[nH]c(=O)c2c(C(=O)NCc3cccc(C)n3)cc(C(C)C)nc21. The number of aryl methyl sites for hydroxylation is 2. The molecule has 8 nitrogen and oxygen atoms in total. The van der Waals surface area contributed by atoms with Gasteiger partial charge in [0.15, 0.2) is 5.65 Å². The Balaban J connectivity index is 2.12. The van der Waals surface area contributed by atoms with Crippen molar-refractivity contribution in [3.05, 3.63) is 67.7 Å². The van der Waals surface area contributed by atoms with E-state index in [0.717, 1.165) is 11.4 Å². The maximum atomic E-state index is 13.0. The first-order valence-corrected chi connectivity index (χ1v) is 9.70. The van der Waals surface area contributed by atoms with E-state index in [2.05, 4.69) is 20.3 Å². The molecule has 0 radical (unpaired) electrons. The number of carbonyl (C=O) groups is 1. The highest BCUT2D eigenvalue weighted by Gasteiger charge is 2.20. The Morgan fingerprint density at radius 3 is 2.66 bits per heavy atom. The van der Waals surface area contributed by atoms with E-state index in [4.69, 9.17) is 0 Å². The summed E-state index contributed by atoms with van der Waals surface area (Å²) in [5, 5.41) is 2.95. The molecule has 0 saturated carbocycles. The number of nitrogens with zero attached hydrogens (tertiary/aromatic N) is 3. The minimum atomic E-state index is -0.612. The van der Waals surface area contributed by atoms with Crippen LogP contribution in [-0.4, -0.2) is 25.4 Å². The van der Waals surface area contributed by atoms with E-state index in [1.165, 1.54) is 4.57 Å². The zero-order chi connectivity index (χ0) is 21.1. The van der Waals surface area contributed by atoms with Crippen molar-refractivity contribution < 1.29 is 4.79 Å². The number of rotatable bonds is 6. The molecule has 3 rings (SSSR count). The van der Waals surface area contributed by atoms with Crippen LogP contribution in [0.4, 0.5) is 0 Å². The first-order chi connectivity index (χ1) is 13.8. The summed E-state index contributed by atoms with van der Waals surface area (Å²) in [6.45, 7) is 8.33. The van der Waals surface area contributed by atoms with Crippen molar-refractivity contribution in [3.8, 4) is 0 Å². The molecule has 1 amide bonds. The summed E-state index contributed by atoms with van der Waals surface area (Å²) in [6.07, 6.45) is 0.690. The lowest BCUT2D eigenvalue weighted by atomic mass is 10.0. The molecule has 29 heavy (non-hydrogen) atoms. The third-order valence-electron chi connectivity index (χ3n) is 4.63. The molecule has 3 heterocycles. The average molecular weight is 395 g/mol. The fourth-order valence-corrected chi connectivity index (χ4v) is 3.16. The summed E-state index contributed by atoms with van der Waals surface area (Å²) >= 11 is 0. The molecule has 8 heteroatoms. The molecule has 0 fully saturated rings. The number of hydrogen-bond acceptors (Lipinski definition) is 5. The third kappa shape index (κ3) is 4.26. The van der Waals surface area contributed by atoms with Gasteiger partial charge < -0.3 is 5.32 Å². The fraction of sp³-hybridized carbons (Fsp3) is 0.381. The highest BCUT2D eigenvalue weighted by molar-refractivity contribution is 6.05. The summed E-state index contributed by atoms with van der Waals surface area (Å²) in [5.74, 6) is -0.386. The van der Waals surface area contributed by atoms with Gasteiger partial charge in [0.05, 0.1) is 23.2 Å². The van der Waals surface area contributed by atoms with Crippen molar-refractivity contribution in [1.29, 1.82) is 0 Å². The predicted molar refractivity (Wildman–Crippen MR) is 111 cm³/mol. The van der Waals surface area contributed by atoms with E-state index in [0.29, 0.717) is 18.7 Å². The van der Waals surface area contributed by atoms with Gasteiger partial charge in [-0.1, -0.05) is 26.8 Å². The highest BCUT2D eigenvalue weighted by atomic mass is 16.2. The molecule has 0 atom stereocenters. The second-order valence-electron chi connectivity index (χ2n) is 7.31. The zero-order valence-corrected chi connectivity index (χ0v) is 17.1. The largest absolute Gasteiger partial charge is 0.346 e. The normalized spacial score (nSPS) is 11.2. The average Bonchev–Trinajstić information content (AvgIpc) is 2.68. The fourth-order valence-electron chi connectivity index (χ4n) is 3.16. The number of aromatic amines is 1. The van der Waals surface area contributed by atoms with Gasteiger partial charge in [0, 0.05) is 17.9 Å². The molecule has 0 bridgehead atoms. The van der Waals surface area contributed by atoms with Gasteiger partial charge in [0.1, 0.15) is 0 Å². The van der Waals surface area contributed by atoms with Crippen molar-refractivity contribution in [1.82, 2.24) is 24.8 Å². The molecule has 3 aromatic heterocycles. The van der Waals surface area contributed by atoms with Gasteiger partial charge in [0.2, 0.25) is 0 Å². The second-order valence-corrected chi connectivity index (χ2v) is 7.31. The molecule has 0 spiro atoms. The molecular formula is C21H25N5O3. The van der Waals surface area contributed by atoms with E-state index in [-0.39, 0.29) is 29.1 Å². The Morgan fingerprint density at radius 1 is 1.24 bits per heavy atom. The summed E-state index contributed by atoms with van der Waals surface area (Å²) in [4.78, 5) is 49.1. The minimum Gasteiger partial charge on any atom is -0.346 e. The topological polar surface area (TPSA) is 110 Å². The van der Waals surface area contributed by atoms with Crippen LogP contribution < -0.4 is 16.6 Å². The van der Waals surface area contributed by atoms with Crippen LogP contribution >= 0.6 is 0 Å². The number of H-pyrrole nitrogens is 1. The van der Waals surface area contributed by atoms with Crippen molar-refractivity contribution in [2.24, 2.45) is 0 Å². The Hall–Kier alpha value is -3.29. The standard InChI is InChI=1S/C21H25N5O3/c1-5-9-26-18-17(20(28)25-21(26)29)15(10-16(24-18)12(2)3)19(27)22-11-14-8-6-7-13(4)23-14/h6-8,10,12H,5,9,11H2,1-4H3,(H,22,27)(H,25,28,29). The van der Waals surface area contributed by atoms with E-state index in [1.54, 1.807) is 6.07 Å². The summed E-state index contributed by atoms with van der Waals surface area (Å²) in [7, 11) is 0. The minimum absolute atomic E-state index is 0.0221. The van der Waals surface area contributed by atoms with Gasteiger partial charge in [-0.15, -0.1) is 0 Å². The van der Waals surface area contributed by atoms with Gasteiger partial charge in [-0.3, -0.25) is 24.1 Å². The number of aromatic nitrogens is 4. The molecule has 0 saturated heterocycles. The van der Waals surface area contributed by atoms with Crippen LogP contribution in [0.25, 0.3) is 11.0 Å². The zero-order valence-electron chi connectivity index (χ0n) is 17.1. The van der Waals surface area contributed by atoms with Crippen molar-refractivity contribution in [2.45, 2.75) is 53.1 Å². The number of hydrogen-bond donors (Lipinski definition) is 2. The second kappa shape index (κ2) is 8.38. The van der Waals surface area contributed by atoms with Crippen molar-refractivity contribution >= 4 is 16.9 Å². The Bertz CT molecular complexity index is 1180. The molecular weight excluding hydrogens is 370 g/mol. The van der Waals surface area contributed by atoms with Crippen LogP contribution in [0.2, 0.25) is 0 Å². The molecule has 2 N–H and O–H groups in total. The van der Waals surface area contributed by atoms with Crippen LogP contribution in [0.3, 0.4) is 0 Å². The number of amides is 1. The summed E-state index contributed by atoms with van der Waals surface area (Å²) in [6, 6.07) is 7.20. The third-order valence-corrected chi connectivity index (χ3v) is 4.63. The lowest BCUT2D eigenvalue weighted by Crippen LogP contribution is -2.33. The summed E-state index contributed by atoms with van der Waals surface area (Å²) < 4.78 is 1.42. The first-order valence-electron chi connectivity index (χ1n) is 9.70. The molecule has 0 unspecified atom stereocenters. The first kappa shape index (κ1) is 20.4. The number of nitrogens with one attached hydrogen (secondary N) is 2. The predicted octanol–water partition coefficient (Wildman–Crippen LogP) is 2.25. The lowest BCUT2D eigenvalue weighted by molar-refractivity contribution is 0.0951. The van der Waals surface area contributed by atoms with Crippen molar-refractivity contribution in [2.75, 3.05) is 0 Å². The van der Waals surface area contributed by atoms with Gasteiger partial charge in [-0.05, 0) is 37.5 Å². The van der Waals surface area contributed by atoms with E-state index >= 15 is 0 Å². The van der Waals surface area contributed by atoms with Crippen LogP contribution in [0.5, 0.6) is 0 Å². The van der Waals surface area contributed by atoms with Gasteiger partial charge in [-0.25, -0.2) is 9.78 Å². The highest BCUT2D eigenvalue weighted by Crippen LogP contribution is 2.20. The van der Waals surface area contributed by atoms with Gasteiger partial charge in [-0.2, -0.15) is 0 Å². The number of carbonyl (C=O) groups excluding carboxylic acids is 1. The molecule has 3 aromatic rings. The maximum Gasteiger partial charge on any atom is 0.329 e. The lowest BCUT2D eigenvalue weighted by Gasteiger charge is -2.14. The van der Waals surface area contributed by atoms with E-state index in [1.807, 2.05) is 45.9 Å². The number of pyridine rings is 2. The monoisotopic (exact) mass is 395 g/mol. The quantitative estimate of drug-likeness (QED) is 0.665. The Kier molecular flexibility index (Phi) is 5.91. The molecule has 152 valence electrons. The summed E-state index contributed by atoms with van der Waals surface area (Å²) in [5.41, 5.74) is 1.53. The van der Waals surface area contributed by atoms with Gasteiger partial charge >= 0.3 is 5.69 Å². The maximum absolute atomic E-state index is 13.0. The smallest absolute Gasteiger partial charge is 0.329 e. The van der Waals surface area contributed by atoms with Crippen LogP contribution in [0, 0.1) is 6.92 Å². The Morgan fingerprint density at radius 2 is 2.00 bits per heavy atom. The van der Waals surface area contributed by atoms with Crippen LogP contribution in [-0.2, 0) is 13.1 Å². The van der Waals surface area contributed by atoms with Crippen LogP contribution in [0.1, 0.15) is 60.5 Å². The molecule has 0 aromatic carbocycles. The molecule has 0 aliphatic heterocycles. The van der Waals surface area contributed by atoms with E-state index in [9.17, 15) is 14.4 Å². The van der Waals surface area contributed by atoms with Gasteiger partial charge in [0.25, 0.3) is 11.5 Å². The van der Waals surface area contributed by atoms with Crippen LogP contribution in [0.15, 0.2) is 33.9 Å². The molecule has 0 aliphatic rings. The van der Waals surface area contributed by atoms with E-state index < -0.39 is 17.2 Å². The Labute approximate surface area is 168 Å². The molecule has 0 aliphatic carbocycles. The number of fused-ring (bicyclic) bond motifs is 1. The van der Waals surface area contributed by atoms with Crippen molar-refractivity contribution in [3.63, 3.8) is 0 Å².